The fourth-order valence-corrected chi connectivity index (χ4v) is 2.76. The van der Waals surface area contributed by atoms with Crippen molar-refractivity contribution in [2.24, 2.45) is 0 Å². The highest BCUT2D eigenvalue weighted by atomic mass is 16.3. The monoisotopic (exact) mass is 280 g/mol. The van der Waals surface area contributed by atoms with Crippen molar-refractivity contribution in [3.63, 3.8) is 0 Å². The summed E-state index contributed by atoms with van der Waals surface area (Å²) >= 11 is 0. The lowest BCUT2D eigenvalue weighted by Gasteiger charge is -2.35. The lowest BCUT2D eigenvalue weighted by molar-refractivity contribution is -0.133. The summed E-state index contributed by atoms with van der Waals surface area (Å²) in [5.74, 6) is 0.901. The summed E-state index contributed by atoms with van der Waals surface area (Å²) in [6.45, 7) is 2.08. The van der Waals surface area contributed by atoms with Crippen molar-refractivity contribution in [3.05, 3.63) is 24.2 Å². The molecule has 5 nitrogen and oxygen atoms in total. The third-order valence-corrected chi connectivity index (χ3v) is 3.95. The van der Waals surface area contributed by atoms with Gasteiger partial charge in [-0.05, 0) is 37.9 Å². The predicted molar refractivity (Wildman–Crippen MR) is 76.1 cm³/mol. The summed E-state index contributed by atoms with van der Waals surface area (Å²) in [6, 6.07) is 4.05. The van der Waals surface area contributed by atoms with Crippen molar-refractivity contribution in [3.8, 4) is 0 Å². The van der Waals surface area contributed by atoms with Gasteiger partial charge < -0.3 is 14.4 Å². The average Bonchev–Trinajstić information content (AvgIpc) is 2.94. The molecule has 20 heavy (non-hydrogen) atoms. The Balaban J connectivity index is 1.85. The van der Waals surface area contributed by atoms with Crippen LogP contribution in [0, 0.1) is 0 Å². The summed E-state index contributed by atoms with van der Waals surface area (Å²) in [5.41, 5.74) is 0. The van der Waals surface area contributed by atoms with Gasteiger partial charge >= 0.3 is 0 Å². The van der Waals surface area contributed by atoms with E-state index in [1.54, 1.807) is 18.2 Å². The Hall–Kier alpha value is -1.33. The minimum absolute atomic E-state index is 0.103. The zero-order chi connectivity index (χ0) is 14.4. The van der Waals surface area contributed by atoms with E-state index in [-0.39, 0.29) is 12.5 Å². The van der Waals surface area contributed by atoms with Crippen molar-refractivity contribution in [2.45, 2.75) is 38.3 Å². The Morgan fingerprint density at radius 3 is 3.10 bits per heavy atom. The summed E-state index contributed by atoms with van der Waals surface area (Å²) < 4.78 is 5.26. The zero-order valence-corrected chi connectivity index (χ0v) is 12.1. The normalized spacial score (nSPS) is 20.0. The van der Waals surface area contributed by atoms with Crippen molar-refractivity contribution < 1.29 is 14.3 Å². The molecule has 1 fully saturated rings. The van der Waals surface area contributed by atoms with Gasteiger partial charge in [0.1, 0.15) is 5.76 Å². The number of furan rings is 1. The molecule has 1 unspecified atom stereocenters. The maximum absolute atomic E-state index is 12.3. The molecule has 0 aliphatic carbocycles. The van der Waals surface area contributed by atoms with Crippen molar-refractivity contribution in [1.29, 1.82) is 0 Å². The Bertz CT molecular complexity index is 403. The Kier molecular flexibility index (Phi) is 5.61. The molecule has 0 bridgehead atoms. The highest BCUT2D eigenvalue weighted by Crippen LogP contribution is 2.19. The third-order valence-electron chi connectivity index (χ3n) is 3.95. The topological polar surface area (TPSA) is 56.9 Å². The van der Waals surface area contributed by atoms with E-state index in [1.807, 2.05) is 12.1 Å². The smallest absolute Gasteiger partial charge is 0.236 e. The molecule has 0 radical (unpaired) electrons. The predicted octanol–water partition coefficient (Wildman–Crippen LogP) is 1.47. The molecule has 0 spiro atoms. The number of aliphatic hydroxyl groups excluding tert-OH is 1. The van der Waals surface area contributed by atoms with E-state index in [0.29, 0.717) is 19.1 Å². The highest BCUT2D eigenvalue weighted by Gasteiger charge is 2.25. The van der Waals surface area contributed by atoms with E-state index in [2.05, 4.69) is 4.90 Å². The lowest BCUT2D eigenvalue weighted by Crippen LogP contribution is -2.46. The number of carbonyl (C=O) groups is 1. The van der Waals surface area contributed by atoms with E-state index in [1.165, 1.54) is 6.42 Å². The van der Waals surface area contributed by atoms with Gasteiger partial charge in [0.15, 0.2) is 0 Å². The number of nitrogens with zero attached hydrogens (tertiary/aromatic N) is 2. The van der Waals surface area contributed by atoms with Crippen LogP contribution >= 0.6 is 0 Å². The minimum Gasteiger partial charge on any atom is -0.467 e. The molecule has 0 aromatic carbocycles. The van der Waals surface area contributed by atoms with Crippen LogP contribution in [0.15, 0.2) is 22.8 Å². The van der Waals surface area contributed by atoms with Crippen LogP contribution in [0.5, 0.6) is 0 Å². The molecule has 112 valence electrons. The van der Waals surface area contributed by atoms with Crippen LogP contribution in [0.3, 0.4) is 0 Å². The molecule has 1 N–H and O–H groups in total. The van der Waals surface area contributed by atoms with E-state index >= 15 is 0 Å². The molecule has 1 amide bonds. The van der Waals surface area contributed by atoms with E-state index in [9.17, 15) is 4.79 Å². The standard InChI is InChI=1S/C15H24N2O3/c1-16(11-14-6-4-10-20-14)15(19)12-17-8-3-2-5-13(17)7-9-18/h4,6,10,13,18H,2-3,5,7-9,11-12H2,1H3. The van der Waals surface area contributed by atoms with Crippen molar-refractivity contribution in [1.82, 2.24) is 9.80 Å². The number of likely N-dealkylation sites (tertiary alicyclic amines) is 1. The number of likely N-dealkylation sites (N-methyl/N-ethyl adjacent to an activating group) is 1. The molecule has 1 aliphatic heterocycles. The molecule has 1 saturated heterocycles. The molecule has 1 atom stereocenters. The van der Waals surface area contributed by atoms with Crippen LogP contribution in [-0.2, 0) is 11.3 Å². The molecule has 1 aliphatic rings. The second kappa shape index (κ2) is 7.45. The van der Waals surface area contributed by atoms with Gasteiger partial charge in [-0.2, -0.15) is 0 Å². The average molecular weight is 280 g/mol. The van der Waals surface area contributed by atoms with Crippen LogP contribution in [0.25, 0.3) is 0 Å². The second-order valence-electron chi connectivity index (χ2n) is 5.46. The van der Waals surface area contributed by atoms with E-state index in [0.717, 1.165) is 31.6 Å². The van der Waals surface area contributed by atoms with Crippen LogP contribution in [0.1, 0.15) is 31.4 Å². The summed E-state index contributed by atoms with van der Waals surface area (Å²) in [4.78, 5) is 16.2. The minimum atomic E-state index is 0.103. The zero-order valence-electron chi connectivity index (χ0n) is 12.1. The SMILES string of the molecule is CN(Cc1ccco1)C(=O)CN1CCCCC1CCO. The largest absolute Gasteiger partial charge is 0.467 e. The van der Waals surface area contributed by atoms with Gasteiger partial charge in [-0.3, -0.25) is 9.69 Å². The summed E-state index contributed by atoms with van der Waals surface area (Å²) in [5, 5.41) is 9.12. The second-order valence-corrected chi connectivity index (χ2v) is 5.46. The van der Waals surface area contributed by atoms with Crippen LogP contribution in [-0.4, -0.2) is 53.6 Å². The molecule has 2 rings (SSSR count). The van der Waals surface area contributed by atoms with E-state index < -0.39 is 0 Å². The first-order valence-electron chi connectivity index (χ1n) is 7.32. The quantitative estimate of drug-likeness (QED) is 0.857. The summed E-state index contributed by atoms with van der Waals surface area (Å²) in [6.07, 6.45) is 5.79. The van der Waals surface area contributed by atoms with Gasteiger partial charge in [0.05, 0.1) is 19.4 Å². The fourth-order valence-electron chi connectivity index (χ4n) is 2.76. The molecular weight excluding hydrogens is 256 g/mol. The first-order valence-corrected chi connectivity index (χ1v) is 7.32. The Morgan fingerprint density at radius 2 is 2.40 bits per heavy atom. The first-order chi connectivity index (χ1) is 9.70. The maximum Gasteiger partial charge on any atom is 0.236 e. The first kappa shape index (κ1) is 15.1. The summed E-state index contributed by atoms with van der Waals surface area (Å²) in [7, 11) is 1.80. The molecule has 1 aromatic rings. The van der Waals surface area contributed by atoms with Crippen LogP contribution in [0.4, 0.5) is 0 Å². The lowest BCUT2D eigenvalue weighted by atomic mass is 9.99. The molecule has 2 heterocycles. The van der Waals surface area contributed by atoms with E-state index in [4.69, 9.17) is 9.52 Å². The van der Waals surface area contributed by atoms with Crippen LogP contribution < -0.4 is 0 Å². The number of carbonyl (C=O) groups excluding carboxylic acids is 1. The number of hydrogen-bond acceptors (Lipinski definition) is 4. The maximum atomic E-state index is 12.3. The van der Waals surface area contributed by atoms with Gasteiger partial charge in [0.25, 0.3) is 0 Å². The third kappa shape index (κ3) is 4.08. The van der Waals surface area contributed by atoms with Gasteiger partial charge in [-0.15, -0.1) is 0 Å². The molecule has 5 heteroatoms. The number of aliphatic hydroxyl groups is 1. The Morgan fingerprint density at radius 1 is 1.55 bits per heavy atom. The number of amides is 1. The number of piperidine rings is 1. The van der Waals surface area contributed by atoms with Gasteiger partial charge in [-0.25, -0.2) is 0 Å². The van der Waals surface area contributed by atoms with Gasteiger partial charge in [-0.1, -0.05) is 6.42 Å². The fraction of sp³-hybridized carbons (Fsp3) is 0.667. The number of hydrogen-bond donors (Lipinski definition) is 1. The number of rotatable bonds is 6. The van der Waals surface area contributed by atoms with Crippen molar-refractivity contribution in [2.75, 3.05) is 26.7 Å². The van der Waals surface area contributed by atoms with Gasteiger partial charge in [0.2, 0.25) is 5.91 Å². The molecule has 0 saturated carbocycles. The van der Waals surface area contributed by atoms with Gasteiger partial charge in [0, 0.05) is 19.7 Å². The Labute approximate surface area is 120 Å². The van der Waals surface area contributed by atoms with Crippen LogP contribution in [0.2, 0.25) is 0 Å². The molecule has 1 aromatic heterocycles. The molecular formula is C15H24N2O3. The van der Waals surface area contributed by atoms with Crippen molar-refractivity contribution >= 4 is 5.91 Å². The highest BCUT2D eigenvalue weighted by molar-refractivity contribution is 5.78.